The topological polar surface area (TPSA) is 26.0 Å². The van der Waals surface area contributed by atoms with E-state index in [0.717, 1.165) is 12.8 Å². The van der Waals surface area contributed by atoms with Gasteiger partial charge in [-0.2, -0.15) is 0 Å². The van der Waals surface area contributed by atoms with E-state index in [2.05, 4.69) is 36.9 Å². The van der Waals surface area contributed by atoms with Gasteiger partial charge >= 0.3 is 0 Å². The first kappa shape index (κ1) is 11.4. The van der Waals surface area contributed by atoms with Gasteiger partial charge in [0.2, 0.25) is 0 Å². The van der Waals surface area contributed by atoms with E-state index in [1.54, 1.807) is 0 Å². The summed E-state index contributed by atoms with van der Waals surface area (Å²) < 4.78 is 0. The molecule has 1 atom stereocenters. The lowest BCUT2D eigenvalue weighted by atomic mass is 9.59. The van der Waals surface area contributed by atoms with Crippen LogP contribution in [0.4, 0.5) is 0 Å². The molecule has 1 aromatic rings. The lowest BCUT2D eigenvalue weighted by Gasteiger charge is -2.47. The van der Waals surface area contributed by atoms with Gasteiger partial charge in [0, 0.05) is 11.5 Å². The highest BCUT2D eigenvalue weighted by atomic mass is 14.7. The van der Waals surface area contributed by atoms with Crippen LogP contribution in [0.15, 0.2) is 43.0 Å². The molecular formula is C15H21N. The molecule has 0 aromatic heterocycles. The molecule has 0 saturated heterocycles. The largest absolute Gasteiger partial charge is 0.327 e. The van der Waals surface area contributed by atoms with Gasteiger partial charge in [-0.05, 0) is 31.2 Å². The van der Waals surface area contributed by atoms with Crippen LogP contribution in [-0.4, -0.2) is 6.04 Å². The molecule has 1 aromatic carbocycles. The summed E-state index contributed by atoms with van der Waals surface area (Å²) in [6.45, 7) is 3.78. The number of benzene rings is 1. The van der Waals surface area contributed by atoms with Crippen molar-refractivity contribution in [2.75, 3.05) is 0 Å². The smallest absolute Gasteiger partial charge is 0.0139 e. The number of rotatable bonds is 5. The van der Waals surface area contributed by atoms with Gasteiger partial charge in [-0.15, -0.1) is 6.58 Å². The van der Waals surface area contributed by atoms with Gasteiger partial charge in [0.05, 0.1) is 0 Å². The van der Waals surface area contributed by atoms with E-state index in [-0.39, 0.29) is 11.5 Å². The second-order valence-corrected chi connectivity index (χ2v) is 4.85. The summed E-state index contributed by atoms with van der Waals surface area (Å²) in [5.41, 5.74) is 8.07. The predicted octanol–water partition coefficient (Wildman–Crippen LogP) is 3.40. The molecule has 2 rings (SSSR count). The molecule has 0 radical (unpaired) electrons. The SMILES string of the molecule is C=CCCC(N)C1(c2ccccc2)CCC1. The molecule has 86 valence electrons. The van der Waals surface area contributed by atoms with E-state index >= 15 is 0 Å². The standard InChI is InChI=1S/C15H21N/c1-2-3-10-14(16)15(11-7-12-15)13-8-5-4-6-9-13/h2,4-6,8-9,14H,1,3,7,10-12,16H2. The van der Waals surface area contributed by atoms with Gasteiger partial charge in [0.15, 0.2) is 0 Å². The fourth-order valence-corrected chi connectivity index (χ4v) is 2.78. The summed E-state index contributed by atoms with van der Waals surface area (Å²) in [6, 6.07) is 11.1. The molecule has 1 nitrogen and oxygen atoms in total. The van der Waals surface area contributed by atoms with E-state index < -0.39 is 0 Å². The molecule has 1 saturated carbocycles. The molecule has 0 amide bonds. The van der Waals surface area contributed by atoms with Gasteiger partial charge in [-0.1, -0.05) is 42.8 Å². The highest BCUT2D eigenvalue weighted by Crippen LogP contribution is 2.46. The minimum Gasteiger partial charge on any atom is -0.327 e. The number of nitrogens with two attached hydrogens (primary N) is 1. The molecule has 1 fully saturated rings. The van der Waals surface area contributed by atoms with Crippen LogP contribution in [0.5, 0.6) is 0 Å². The van der Waals surface area contributed by atoms with Crippen molar-refractivity contribution in [3.63, 3.8) is 0 Å². The first-order valence-electron chi connectivity index (χ1n) is 6.21. The molecule has 0 bridgehead atoms. The van der Waals surface area contributed by atoms with E-state index in [4.69, 9.17) is 5.73 Å². The quantitative estimate of drug-likeness (QED) is 0.748. The monoisotopic (exact) mass is 215 g/mol. The number of allylic oxidation sites excluding steroid dienone is 1. The molecule has 1 aliphatic rings. The predicted molar refractivity (Wildman–Crippen MR) is 69.4 cm³/mol. The van der Waals surface area contributed by atoms with Crippen molar-refractivity contribution < 1.29 is 0 Å². The summed E-state index contributed by atoms with van der Waals surface area (Å²) in [6.07, 6.45) is 7.85. The maximum absolute atomic E-state index is 6.38. The minimum atomic E-state index is 0.254. The maximum atomic E-state index is 6.38. The van der Waals surface area contributed by atoms with Crippen molar-refractivity contribution in [2.24, 2.45) is 5.73 Å². The fourth-order valence-electron chi connectivity index (χ4n) is 2.78. The van der Waals surface area contributed by atoms with E-state index in [1.165, 1.54) is 24.8 Å². The molecule has 16 heavy (non-hydrogen) atoms. The van der Waals surface area contributed by atoms with Crippen molar-refractivity contribution in [3.8, 4) is 0 Å². The van der Waals surface area contributed by atoms with Gasteiger partial charge in [0.25, 0.3) is 0 Å². The molecule has 0 spiro atoms. The van der Waals surface area contributed by atoms with Crippen molar-refractivity contribution in [2.45, 2.75) is 43.6 Å². The Morgan fingerprint density at radius 1 is 1.31 bits per heavy atom. The zero-order chi connectivity index (χ0) is 11.4. The third-order valence-corrected chi connectivity index (χ3v) is 3.99. The Morgan fingerprint density at radius 2 is 2.00 bits per heavy atom. The molecular weight excluding hydrogens is 194 g/mol. The summed E-state index contributed by atoms with van der Waals surface area (Å²) in [5.74, 6) is 0. The summed E-state index contributed by atoms with van der Waals surface area (Å²) in [5, 5.41) is 0. The normalized spacial score (nSPS) is 19.8. The molecule has 1 unspecified atom stereocenters. The average Bonchev–Trinajstić information content (AvgIpc) is 2.26. The molecule has 0 aliphatic heterocycles. The van der Waals surface area contributed by atoms with Crippen LogP contribution in [0, 0.1) is 0 Å². The van der Waals surface area contributed by atoms with Gasteiger partial charge in [0.1, 0.15) is 0 Å². The first-order valence-corrected chi connectivity index (χ1v) is 6.21. The third-order valence-electron chi connectivity index (χ3n) is 3.99. The van der Waals surface area contributed by atoms with Gasteiger partial charge in [-0.25, -0.2) is 0 Å². The maximum Gasteiger partial charge on any atom is 0.0139 e. The molecule has 1 aliphatic carbocycles. The van der Waals surface area contributed by atoms with Gasteiger partial charge in [-0.3, -0.25) is 0 Å². The Balaban J connectivity index is 2.16. The average molecular weight is 215 g/mol. The Kier molecular flexibility index (Phi) is 3.45. The van der Waals surface area contributed by atoms with Crippen LogP contribution < -0.4 is 5.73 Å². The first-order chi connectivity index (χ1) is 7.79. The van der Waals surface area contributed by atoms with Crippen LogP contribution in [0.2, 0.25) is 0 Å². The Morgan fingerprint density at radius 3 is 2.50 bits per heavy atom. The van der Waals surface area contributed by atoms with Crippen molar-refractivity contribution in [1.82, 2.24) is 0 Å². The molecule has 1 heteroatoms. The zero-order valence-corrected chi connectivity index (χ0v) is 9.86. The highest BCUT2D eigenvalue weighted by Gasteiger charge is 2.43. The van der Waals surface area contributed by atoms with Crippen molar-refractivity contribution >= 4 is 0 Å². The lowest BCUT2D eigenvalue weighted by molar-refractivity contribution is 0.189. The Bertz CT molecular complexity index is 338. The third kappa shape index (κ3) is 1.92. The lowest BCUT2D eigenvalue weighted by Crippen LogP contribution is -2.50. The molecule has 2 N–H and O–H groups in total. The van der Waals surface area contributed by atoms with Crippen molar-refractivity contribution in [3.05, 3.63) is 48.6 Å². The van der Waals surface area contributed by atoms with E-state index in [9.17, 15) is 0 Å². The zero-order valence-electron chi connectivity index (χ0n) is 9.86. The van der Waals surface area contributed by atoms with Crippen LogP contribution in [0.25, 0.3) is 0 Å². The van der Waals surface area contributed by atoms with Crippen LogP contribution >= 0.6 is 0 Å². The van der Waals surface area contributed by atoms with Crippen LogP contribution in [0.1, 0.15) is 37.7 Å². The number of hydrogen-bond donors (Lipinski definition) is 1. The van der Waals surface area contributed by atoms with E-state index in [1.807, 2.05) is 6.08 Å². The Labute approximate surface area is 98.4 Å². The second-order valence-electron chi connectivity index (χ2n) is 4.85. The van der Waals surface area contributed by atoms with Crippen LogP contribution in [-0.2, 0) is 5.41 Å². The fraction of sp³-hybridized carbons (Fsp3) is 0.467. The second kappa shape index (κ2) is 4.84. The van der Waals surface area contributed by atoms with Crippen LogP contribution in [0.3, 0.4) is 0 Å². The Hall–Kier alpha value is -1.08. The number of hydrogen-bond acceptors (Lipinski definition) is 1. The summed E-state index contributed by atoms with van der Waals surface area (Å²) in [4.78, 5) is 0. The highest BCUT2D eigenvalue weighted by molar-refractivity contribution is 5.30. The van der Waals surface area contributed by atoms with E-state index in [0.29, 0.717) is 0 Å². The minimum absolute atomic E-state index is 0.254. The summed E-state index contributed by atoms with van der Waals surface area (Å²) in [7, 11) is 0. The van der Waals surface area contributed by atoms with Gasteiger partial charge < -0.3 is 5.73 Å². The van der Waals surface area contributed by atoms with Crippen molar-refractivity contribution in [1.29, 1.82) is 0 Å². The molecule has 0 heterocycles. The summed E-state index contributed by atoms with van der Waals surface area (Å²) >= 11 is 0.